The second kappa shape index (κ2) is 5.17. The third kappa shape index (κ3) is 2.44. The van der Waals surface area contributed by atoms with Crippen LogP contribution in [0.4, 0.5) is 0 Å². The highest BCUT2D eigenvalue weighted by molar-refractivity contribution is 7.89. The molecule has 20 heavy (non-hydrogen) atoms. The van der Waals surface area contributed by atoms with E-state index in [9.17, 15) is 8.42 Å². The van der Waals surface area contributed by atoms with Crippen LogP contribution in [0.25, 0.3) is 0 Å². The van der Waals surface area contributed by atoms with Gasteiger partial charge in [0, 0.05) is 25.2 Å². The van der Waals surface area contributed by atoms with E-state index >= 15 is 0 Å². The van der Waals surface area contributed by atoms with Gasteiger partial charge in [-0.25, -0.2) is 8.42 Å². The van der Waals surface area contributed by atoms with Crippen LogP contribution in [0.15, 0.2) is 29.2 Å². The fraction of sp³-hybridized carbons (Fsp3) is 0.500. The van der Waals surface area contributed by atoms with Gasteiger partial charge in [-0.2, -0.15) is 9.57 Å². The molecule has 2 aliphatic heterocycles. The Bertz CT molecular complexity index is 651. The zero-order valence-electron chi connectivity index (χ0n) is 11.1. The molecular weight excluding hydrogens is 274 g/mol. The number of rotatable bonds is 2. The Hall–Kier alpha value is -1.42. The number of nitrogens with zero attached hydrogens (tertiary/aromatic N) is 2. The van der Waals surface area contributed by atoms with Crippen LogP contribution in [0.3, 0.4) is 0 Å². The first kappa shape index (κ1) is 13.6. The SMILES string of the molecule is N#Cc1cccc(S(=O)(=O)N2CCC3CCC(C2)N3)c1. The van der Waals surface area contributed by atoms with Crippen LogP contribution >= 0.6 is 0 Å². The van der Waals surface area contributed by atoms with Crippen LogP contribution in [-0.4, -0.2) is 37.9 Å². The number of nitrogens with one attached hydrogen (secondary N) is 1. The number of benzene rings is 1. The van der Waals surface area contributed by atoms with Crippen molar-refractivity contribution in [3.63, 3.8) is 0 Å². The minimum Gasteiger partial charge on any atom is -0.310 e. The average molecular weight is 291 g/mol. The van der Waals surface area contributed by atoms with Gasteiger partial charge in [0.2, 0.25) is 10.0 Å². The summed E-state index contributed by atoms with van der Waals surface area (Å²) in [7, 11) is -3.50. The van der Waals surface area contributed by atoms with Crippen molar-refractivity contribution in [1.29, 1.82) is 5.26 Å². The number of fused-ring (bicyclic) bond motifs is 2. The average Bonchev–Trinajstić information content (AvgIpc) is 2.77. The van der Waals surface area contributed by atoms with Crippen molar-refractivity contribution in [2.45, 2.75) is 36.2 Å². The summed E-state index contributed by atoms with van der Waals surface area (Å²) in [6.45, 7) is 1.07. The molecule has 0 saturated carbocycles. The van der Waals surface area contributed by atoms with Crippen molar-refractivity contribution in [3.8, 4) is 6.07 Å². The highest BCUT2D eigenvalue weighted by Crippen LogP contribution is 2.25. The molecular formula is C14H17N3O2S. The standard InChI is InChI=1S/C14H17N3O2S/c15-9-11-2-1-3-14(8-11)20(18,19)17-7-6-12-4-5-13(10-17)16-12/h1-3,8,12-13,16H,4-7,10H2. The van der Waals surface area contributed by atoms with E-state index < -0.39 is 10.0 Å². The van der Waals surface area contributed by atoms with E-state index in [0.717, 1.165) is 19.3 Å². The monoisotopic (exact) mass is 291 g/mol. The second-order valence-corrected chi connectivity index (χ2v) is 7.37. The van der Waals surface area contributed by atoms with Crippen molar-refractivity contribution in [3.05, 3.63) is 29.8 Å². The maximum atomic E-state index is 12.7. The Morgan fingerprint density at radius 2 is 2.05 bits per heavy atom. The summed E-state index contributed by atoms with van der Waals surface area (Å²) in [5.74, 6) is 0. The lowest BCUT2D eigenvalue weighted by Crippen LogP contribution is -2.39. The summed E-state index contributed by atoms with van der Waals surface area (Å²) in [4.78, 5) is 0.217. The predicted octanol–water partition coefficient (Wildman–Crippen LogP) is 1.07. The van der Waals surface area contributed by atoms with Gasteiger partial charge in [-0.1, -0.05) is 6.07 Å². The summed E-state index contributed by atoms with van der Waals surface area (Å²) in [6.07, 6.45) is 3.03. The minimum absolute atomic E-state index is 0.217. The molecule has 106 valence electrons. The zero-order chi connectivity index (χ0) is 14.2. The molecule has 2 saturated heterocycles. The van der Waals surface area contributed by atoms with Crippen LogP contribution < -0.4 is 5.32 Å². The van der Waals surface area contributed by atoms with Gasteiger partial charge in [-0.05, 0) is 37.5 Å². The van der Waals surface area contributed by atoms with Crippen LogP contribution in [-0.2, 0) is 10.0 Å². The molecule has 0 spiro atoms. The maximum Gasteiger partial charge on any atom is 0.243 e. The normalized spacial score (nSPS) is 26.9. The summed E-state index contributed by atoms with van der Waals surface area (Å²) in [5, 5.41) is 12.4. The van der Waals surface area contributed by atoms with E-state index in [2.05, 4.69) is 5.32 Å². The van der Waals surface area contributed by atoms with E-state index in [1.807, 2.05) is 6.07 Å². The first-order chi connectivity index (χ1) is 9.59. The van der Waals surface area contributed by atoms with Gasteiger partial charge >= 0.3 is 0 Å². The molecule has 0 amide bonds. The molecule has 1 aromatic rings. The van der Waals surface area contributed by atoms with E-state index in [0.29, 0.717) is 24.7 Å². The molecule has 0 radical (unpaired) electrons. The molecule has 5 nitrogen and oxygen atoms in total. The highest BCUT2D eigenvalue weighted by Gasteiger charge is 2.34. The fourth-order valence-corrected chi connectivity index (χ4v) is 4.55. The Kier molecular flexibility index (Phi) is 3.50. The minimum atomic E-state index is -3.50. The number of nitriles is 1. The van der Waals surface area contributed by atoms with Crippen molar-refractivity contribution >= 4 is 10.0 Å². The van der Waals surface area contributed by atoms with E-state index in [4.69, 9.17) is 5.26 Å². The van der Waals surface area contributed by atoms with E-state index in [1.54, 1.807) is 22.5 Å². The Morgan fingerprint density at radius 3 is 2.85 bits per heavy atom. The molecule has 1 N–H and O–H groups in total. The molecule has 2 fully saturated rings. The van der Waals surface area contributed by atoms with E-state index in [-0.39, 0.29) is 10.9 Å². The molecule has 2 bridgehead atoms. The molecule has 6 heteroatoms. The molecule has 2 atom stereocenters. The van der Waals surface area contributed by atoms with Gasteiger partial charge in [0.05, 0.1) is 16.5 Å². The Balaban J connectivity index is 1.89. The van der Waals surface area contributed by atoms with Crippen molar-refractivity contribution in [2.75, 3.05) is 13.1 Å². The number of hydrogen-bond donors (Lipinski definition) is 1. The summed E-state index contributed by atoms with van der Waals surface area (Å²) < 4.78 is 26.9. The van der Waals surface area contributed by atoms with Crippen LogP contribution in [0.1, 0.15) is 24.8 Å². The topological polar surface area (TPSA) is 73.2 Å². The highest BCUT2D eigenvalue weighted by atomic mass is 32.2. The maximum absolute atomic E-state index is 12.7. The molecule has 2 unspecified atom stereocenters. The Morgan fingerprint density at radius 1 is 1.25 bits per heavy atom. The smallest absolute Gasteiger partial charge is 0.243 e. The first-order valence-electron chi connectivity index (χ1n) is 6.86. The van der Waals surface area contributed by atoms with Gasteiger partial charge in [-0.3, -0.25) is 0 Å². The molecule has 2 aliphatic rings. The first-order valence-corrected chi connectivity index (χ1v) is 8.30. The molecule has 1 aromatic carbocycles. The van der Waals surface area contributed by atoms with Gasteiger partial charge in [-0.15, -0.1) is 0 Å². The third-order valence-electron chi connectivity index (χ3n) is 4.09. The molecule has 2 heterocycles. The van der Waals surface area contributed by atoms with Crippen LogP contribution in [0.5, 0.6) is 0 Å². The van der Waals surface area contributed by atoms with Crippen molar-refractivity contribution in [1.82, 2.24) is 9.62 Å². The molecule has 0 aromatic heterocycles. The summed E-state index contributed by atoms with van der Waals surface area (Å²) in [6, 6.07) is 8.94. The lowest BCUT2D eigenvalue weighted by molar-refractivity contribution is 0.383. The predicted molar refractivity (Wildman–Crippen MR) is 74.5 cm³/mol. The Labute approximate surface area is 119 Å². The van der Waals surface area contributed by atoms with Crippen molar-refractivity contribution in [2.24, 2.45) is 0 Å². The lowest BCUT2D eigenvalue weighted by Gasteiger charge is -2.23. The second-order valence-electron chi connectivity index (χ2n) is 5.43. The molecule has 3 rings (SSSR count). The van der Waals surface area contributed by atoms with Crippen LogP contribution in [0, 0.1) is 11.3 Å². The third-order valence-corrected chi connectivity index (χ3v) is 5.95. The van der Waals surface area contributed by atoms with E-state index in [1.165, 1.54) is 6.07 Å². The number of sulfonamides is 1. The number of hydrogen-bond acceptors (Lipinski definition) is 4. The molecule has 0 aliphatic carbocycles. The quantitative estimate of drug-likeness (QED) is 0.884. The van der Waals surface area contributed by atoms with Gasteiger partial charge < -0.3 is 5.32 Å². The summed E-state index contributed by atoms with van der Waals surface area (Å²) in [5.41, 5.74) is 0.376. The van der Waals surface area contributed by atoms with Gasteiger partial charge in [0.15, 0.2) is 0 Å². The largest absolute Gasteiger partial charge is 0.310 e. The van der Waals surface area contributed by atoms with Crippen LogP contribution in [0.2, 0.25) is 0 Å². The van der Waals surface area contributed by atoms with Gasteiger partial charge in [0.25, 0.3) is 0 Å². The summed E-state index contributed by atoms with van der Waals surface area (Å²) >= 11 is 0. The zero-order valence-corrected chi connectivity index (χ0v) is 11.9. The van der Waals surface area contributed by atoms with Crippen molar-refractivity contribution < 1.29 is 8.42 Å². The lowest BCUT2D eigenvalue weighted by atomic mass is 10.1. The fourth-order valence-electron chi connectivity index (χ4n) is 3.00. The van der Waals surface area contributed by atoms with Gasteiger partial charge in [0.1, 0.15) is 0 Å².